The van der Waals surface area contributed by atoms with Gasteiger partial charge in [0.2, 0.25) is 0 Å². The normalized spacial score (nSPS) is 10.2. The predicted molar refractivity (Wildman–Crippen MR) is 102 cm³/mol. The van der Waals surface area contributed by atoms with Crippen molar-refractivity contribution >= 4 is 23.5 Å². The van der Waals surface area contributed by atoms with Gasteiger partial charge >= 0.3 is 5.97 Å². The van der Waals surface area contributed by atoms with E-state index in [0.29, 0.717) is 17.0 Å². The van der Waals surface area contributed by atoms with Crippen molar-refractivity contribution in [3.05, 3.63) is 83.8 Å². The minimum Gasteiger partial charge on any atom is -0.459 e. The molecule has 3 aromatic rings. The summed E-state index contributed by atoms with van der Waals surface area (Å²) in [6, 6.07) is 16.7. The number of carbonyl (C=O) groups is 3. The molecule has 2 N–H and O–H groups in total. The van der Waals surface area contributed by atoms with Gasteiger partial charge in [0.25, 0.3) is 11.8 Å². The molecule has 0 unspecified atom stereocenters. The smallest absolute Gasteiger partial charge is 0.308 e. The summed E-state index contributed by atoms with van der Waals surface area (Å²) in [6.07, 6.45) is 1.43. The number of esters is 1. The maximum atomic E-state index is 12.3. The van der Waals surface area contributed by atoms with Crippen LogP contribution in [0.5, 0.6) is 5.75 Å². The predicted octanol–water partition coefficient (Wildman–Crippen LogP) is 3.39. The number of amides is 2. The van der Waals surface area contributed by atoms with E-state index in [1.54, 1.807) is 48.5 Å². The summed E-state index contributed by atoms with van der Waals surface area (Å²) in [7, 11) is 0. The molecule has 7 heteroatoms. The summed E-state index contributed by atoms with van der Waals surface area (Å²) in [5.74, 6) is -0.590. The highest BCUT2D eigenvalue weighted by atomic mass is 16.5. The van der Waals surface area contributed by atoms with Crippen molar-refractivity contribution in [2.45, 2.75) is 13.5 Å². The zero-order chi connectivity index (χ0) is 19.9. The topological polar surface area (TPSA) is 97.6 Å². The number of nitrogens with one attached hydrogen (secondary N) is 2. The summed E-state index contributed by atoms with van der Waals surface area (Å²) >= 11 is 0. The minimum atomic E-state index is -0.453. The largest absolute Gasteiger partial charge is 0.459 e. The lowest BCUT2D eigenvalue weighted by molar-refractivity contribution is -0.131. The molecule has 0 spiro atoms. The molecule has 0 aliphatic heterocycles. The SMILES string of the molecule is CC(=O)Oc1cccc(C(=O)NCc2cccc(NC(=O)c3ccco3)c2)c1. The Morgan fingerprint density at radius 1 is 0.964 bits per heavy atom. The molecule has 28 heavy (non-hydrogen) atoms. The number of furan rings is 1. The first-order valence-electron chi connectivity index (χ1n) is 8.52. The highest BCUT2D eigenvalue weighted by Gasteiger charge is 2.10. The molecule has 0 saturated heterocycles. The molecule has 0 bridgehead atoms. The van der Waals surface area contributed by atoms with Gasteiger partial charge in [-0.2, -0.15) is 0 Å². The fourth-order valence-corrected chi connectivity index (χ4v) is 2.51. The van der Waals surface area contributed by atoms with Gasteiger partial charge in [0.05, 0.1) is 6.26 Å². The first-order valence-corrected chi connectivity index (χ1v) is 8.52. The van der Waals surface area contributed by atoms with Gasteiger partial charge in [-0.1, -0.05) is 18.2 Å². The first kappa shape index (κ1) is 18.9. The summed E-state index contributed by atoms with van der Waals surface area (Å²) in [5, 5.41) is 5.53. The van der Waals surface area contributed by atoms with E-state index in [-0.39, 0.29) is 24.1 Å². The Labute approximate surface area is 161 Å². The highest BCUT2D eigenvalue weighted by Crippen LogP contribution is 2.15. The van der Waals surface area contributed by atoms with E-state index in [1.807, 2.05) is 6.07 Å². The second kappa shape index (κ2) is 8.68. The van der Waals surface area contributed by atoms with Crippen molar-refractivity contribution in [1.29, 1.82) is 0 Å². The Hall–Kier alpha value is -3.87. The fourth-order valence-electron chi connectivity index (χ4n) is 2.51. The third-order valence-electron chi connectivity index (χ3n) is 3.74. The van der Waals surface area contributed by atoms with Crippen molar-refractivity contribution in [2.24, 2.45) is 0 Å². The van der Waals surface area contributed by atoms with Gasteiger partial charge in [0.1, 0.15) is 5.75 Å². The average Bonchev–Trinajstić information content (AvgIpc) is 3.21. The molecule has 3 rings (SSSR count). The molecule has 0 fully saturated rings. The van der Waals surface area contributed by atoms with Crippen LogP contribution < -0.4 is 15.4 Å². The van der Waals surface area contributed by atoms with Crippen LogP contribution in [0.25, 0.3) is 0 Å². The zero-order valence-electron chi connectivity index (χ0n) is 15.1. The van der Waals surface area contributed by atoms with E-state index in [9.17, 15) is 14.4 Å². The van der Waals surface area contributed by atoms with Crippen LogP contribution in [0, 0.1) is 0 Å². The van der Waals surface area contributed by atoms with E-state index >= 15 is 0 Å². The molecular weight excluding hydrogens is 360 g/mol. The Balaban J connectivity index is 1.61. The Bertz CT molecular complexity index is 996. The summed E-state index contributed by atoms with van der Waals surface area (Å²) < 4.78 is 10.0. The Morgan fingerprint density at radius 2 is 1.79 bits per heavy atom. The van der Waals surface area contributed by atoms with E-state index in [4.69, 9.17) is 9.15 Å². The maximum Gasteiger partial charge on any atom is 0.308 e. The molecule has 0 saturated carbocycles. The van der Waals surface area contributed by atoms with Crippen LogP contribution in [0.3, 0.4) is 0 Å². The van der Waals surface area contributed by atoms with Gasteiger partial charge in [0.15, 0.2) is 5.76 Å². The second-order valence-corrected chi connectivity index (χ2v) is 5.94. The minimum absolute atomic E-state index is 0.214. The summed E-state index contributed by atoms with van der Waals surface area (Å²) in [5.41, 5.74) is 1.77. The summed E-state index contributed by atoms with van der Waals surface area (Å²) in [4.78, 5) is 35.4. The number of hydrogen-bond acceptors (Lipinski definition) is 5. The van der Waals surface area contributed by atoms with Gasteiger partial charge < -0.3 is 19.8 Å². The molecule has 1 heterocycles. The molecule has 2 amide bonds. The lowest BCUT2D eigenvalue weighted by Gasteiger charge is -2.09. The van der Waals surface area contributed by atoms with Crippen LogP contribution in [0.2, 0.25) is 0 Å². The Morgan fingerprint density at radius 3 is 2.54 bits per heavy atom. The van der Waals surface area contributed by atoms with Gasteiger partial charge in [-0.25, -0.2) is 0 Å². The molecule has 7 nitrogen and oxygen atoms in total. The van der Waals surface area contributed by atoms with Crippen LogP contribution in [0.15, 0.2) is 71.3 Å². The third kappa shape index (κ3) is 5.07. The lowest BCUT2D eigenvalue weighted by Crippen LogP contribution is -2.23. The lowest BCUT2D eigenvalue weighted by atomic mass is 10.1. The van der Waals surface area contributed by atoms with Crippen molar-refractivity contribution in [3.8, 4) is 5.75 Å². The molecule has 0 aliphatic carbocycles. The number of carbonyl (C=O) groups excluding carboxylic acids is 3. The zero-order valence-corrected chi connectivity index (χ0v) is 15.1. The summed E-state index contributed by atoms with van der Waals surface area (Å²) in [6.45, 7) is 1.56. The molecule has 0 aliphatic rings. The van der Waals surface area contributed by atoms with Crippen molar-refractivity contribution in [1.82, 2.24) is 5.32 Å². The second-order valence-electron chi connectivity index (χ2n) is 5.94. The monoisotopic (exact) mass is 378 g/mol. The van der Waals surface area contributed by atoms with Crippen molar-refractivity contribution in [3.63, 3.8) is 0 Å². The van der Waals surface area contributed by atoms with E-state index in [1.165, 1.54) is 19.3 Å². The van der Waals surface area contributed by atoms with Gasteiger partial charge in [-0.05, 0) is 48.0 Å². The van der Waals surface area contributed by atoms with Gasteiger partial charge in [-0.3, -0.25) is 14.4 Å². The van der Waals surface area contributed by atoms with Crippen LogP contribution in [-0.2, 0) is 11.3 Å². The van der Waals surface area contributed by atoms with Crippen molar-refractivity contribution < 1.29 is 23.5 Å². The Kier molecular flexibility index (Phi) is 5.86. The third-order valence-corrected chi connectivity index (χ3v) is 3.74. The first-order chi connectivity index (χ1) is 13.5. The van der Waals surface area contributed by atoms with E-state index < -0.39 is 5.97 Å². The molecule has 2 aromatic carbocycles. The van der Waals surface area contributed by atoms with Crippen LogP contribution in [0.1, 0.15) is 33.4 Å². The van der Waals surface area contributed by atoms with Crippen molar-refractivity contribution in [2.75, 3.05) is 5.32 Å². The maximum absolute atomic E-state index is 12.3. The molecule has 0 radical (unpaired) electrons. The van der Waals surface area contributed by atoms with Crippen LogP contribution in [-0.4, -0.2) is 17.8 Å². The molecule has 0 atom stereocenters. The number of benzene rings is 2. The fraction of sp³-hybridized carbons (Fsp3) is 0.0952. The van der Waals surface area contributed by atoms with E-state index in [2.05, 4.69) is 10.6 Å². The number of anilines is 1. The van der Waals surface area contributed by atoms with Gasteiger partial charge in [-0.15, -0.1) is 0 Å². The highest BCUT2D eigenvalue weighted by molar-refractivity contribution is 6.02. The average molecular weight is 378 g/mol. The van der Waals surface area contributed by atoms with E-state index in [0.717, 1.165) is 5.56 Å². The quantitative estimate of drug-likeness (QED) is 0.506. The number of rotatable bonds is 6. The molecular formula is C21H18N2O5. The number of ether oxygens (including phenoxy) is 1. The number of hydrogen-bond donors (Lipinski definition) is 2. The van der Waals surface area contributed by atoms with Gasteiger partial charge in [0, 0.05) is 24.7 Å². The van der Waals surface area contributed by atoms with Crippen LogP contribution >= 0.6 is 0 Å². The standard InChI is InChI=1S/C21H18N2O5/c1-14(24)28-18-8-3-6-16(12-18)20(25)22-13-15-5-2-7-17(11-15)23-21(26)19-9-4-10-27-19/h2-12H,13H2,1H3,(H,22,25)(H,23,26). The molecule has 142 valence electrons. The van der Waals surface area contributed by atoms with Crippen LogP contribution in [0.4, 0.5) is 5.69 Å². The molecule has 1 aromatic heterocycles.